The maximum Gasteiger partial charge on any atom is 0.270 e. The molecular formula is C27H18BrNO2S2. The quantitative estimate of drug-likeness (QED) is 0.196. The molecule has 4 aromatic rings. The monoisotopic (exact) mass is 531 g/mol. The van der Waals surface area contributed by atoms with E-state index in [1.807, 2.05) is 72.8 Å². The average molecular weight is 532 g/mol. The van der Waals surface area contributed by atoms with Crippen molar-refractivity contribution in [1.29, 1.82) is 0 Å². The zero-order valence-corrected chi connectivity index (χ0v) is 20.6. The van der Waals surface area contributed by atoms with Gasteiger partial charge in [0, 0.05) is 10.0 Å². The third-order valence-corrected chi connectivity index (χ3v) is 7.12. The normalized spacial score (nSPS) is 14.9. The van der Waals surface area contributed by atoms with Crippen LogP contribution in [0.3, 0.4) is 0 Å². The Morgan fingerprint density at radius 3 is 2.58 bits per heavy atom. The van der Waals surface area contributed by atoms with Crippen LogP contribution in [0.25, 0.3) is 16.8 Å². The topological polar surface area (TPSA) is 29.5 Å². The first-order valence-electron chi connectivity index (χ1n) is 10.3. The van der Waals surface area contributed by atoms with Gasteiger partial charge in [0.25, 0.3) is 5.91 Å². The van der Waals surface area contributed by atoms with Crippen LogP contribution in [-0.2, 0) is 11.4 Å². The van der Waals surface area contributed by atoms with Gasteiger partial charge in [0.2, 0.25) is 0 Å². The molecule has 0 radical (unpaired) electrons. The second-order valence-corrected chi connectivity index (χ2v) is 10.1. The van der Waals surface area contributed by atoms with Crippen LogP contribution < -0.4 is 9.64 Å². The fourth-order valence-corrected chi connectivity index (χ4v) is 5.43. The highest BCUT2D eigenvalue weighted by Gasteiger charge is 2.33. The molecule has 0 aliphatic carbocycles. The highest BCUT2D eigenvalue weighted by molar-refractivity contribution is 9.10. The number of nitrogens with zero attached hydrogens (tertiary/aromatic N) is 1. The van der Waals surface area contributed by atoms with Gasteiger partial charge < -0.3 is 4.74 Å². The van der Waals surface area contributed by atoms with Crippen molar-refractivity contribution in [1.82, 2.24) is 0 Å². The number of ether oxygens (including phenoxy) is 1. The van der Waals surface area contributed by atoms with Gasteiger partial charge in [-0.25, -0.2) is 0 Å². The van der Waals surface area contributed by atoms with Crippen LogP contribution >= 0.6 is 39.9 Å². The van der Waals surface area contributed by atoms with Gasteiger partial charge in [0.05, 0.1) is 10.6 Å². The SMILES string of the molecule is O=C1/C(=C/c2ccccc2OCc2cccc3ccccc23)SC(=S)N1c1cccc(Br)c1. The molecule has 4 aromatic carbocycles. The summed E-state index contributed by atoms with van der Waals surface area (Å²) in [7, 11) is 0. The molecular weight excluding hydrogens is 514 g/mol. The lowest BCUT2D eigenvalue weighted by Crippen LogP contribution is -2.27. The molecule has 0 spiro atoms. The molecule has 1 amide bonds. The summed E-state index contributed by atoms with van der Waals surface area (Å²) in [6.07, 6.45) is 1.86. The molecule has 0 atom stereocenters. The first kappa shape index (κ1) is 21.9. The fourth-order valence-electron chi connectivity index (χ4n) is 3.75. The predicted molar refractivity (Wildman–Crippen MR) is 145 cm³/mol. The Hall–Kier alpha value is -2.93. The fraction of sp³-hybridized carbons (Fsp3) is 0.0370. The van der Waals surface area contributed by atoms with Gasteiger partial charge in [-0.2, -0.15) is 0 Å². The number of fused-ring (bicyclic) bond motifs is 1. The van der Waals surface area contributed by atoms with Gasteiger partial charge in [-0.1, -0.05) is 107 Å². The van der Waals surface area contributed by atoms with E-state index in [2.05, 4.69) is 40.2 Å². The zero-order chi connectivity index (χ0) is 22.8. The Morgan fingerprint density at radius 2 is 1.70 bits per heavy atom. The first-order valence-corrected chi connectivity index (χ1v) is 12.3. The van der Waals surface area contributed by atoms with Gasteiger partial charge >= 0.3 is 0 Å². The van der Waals surface area contributed by atoms with Crippen molar-refractivity contribution >= 4 is 72.7 Å². The maximum absolute atomic E-state index is 13.2. The second-order valence-electron chi connectivity index (χ2n) is 7.46. The van der Waals surface area contributed by atoms with E-state index in [0.717, 1.165) is 27.0 Å². The van der Waals surface area contributed by atoms with Gasteiger partial charge in [-0.15, -0.1) is 0 Å². The Balaban J connectivity index is 1.41. The summed E-state index contributed by atoms with van der Waals surface area (Å²) >= 11 is 10.3. The molecule has 0 saturated carbocycles. The van der Waals surface area contributed by atoms with Gasteiger partial charge in [0.15, 0.2) is 4.32 Å². The molecule has 0 aromatic heterocycles. The number of thiocarbonyl (C=S) groups is 1. The van der Waals surface area contributed by atoms with Crippen molar-refractivity contribution in [3.8, 4) is 5.75 Å². The third-order valence-electron chi connectivity index (χ3n) is 5.33. The number of para-hydroxylation sites is 1. The largest absolute Gasteiger partial charge is 0.488 e. The summed E-state index contributed by atoms with van der Waals surface area (Å²) in [4.78, 5) is 15.3. The minimum Gasteiger partial charge on any atom is -0.488 e. The lowest BCUT2D eigenvalue weighted by atomic mass is 10.1. The third kappa shape index (κ3) is 4.60. The molecule has 6 heteroatoms. The van der Waals surface area contributed by atoms with Crippen molar-refractivity contribution in [2.45, 2.75) is 6.61 Å². The summed E-state index contributed by atoms with van der Waals surface area (Å²) in [6, 6.07) is 29.8. The molecule has 1 heterocycles. The molecule has 1 aliphatic rings. The van der Waals surface area contributed by atoms with Crippen LogP contribution in [0.5, 0.6) is 5.75 Å². The van der Waals surface area contributed by atoms with Crippen molar-refractivity contribution in [2.24, 2.45) is 0 Å². The second kappa shape index (κ2) is 9.51. The highest BCUT2D eigenvalue weighted by atomic mass is 79.9. The van der Waals surface area contributed by atoms with E-state index in [-0.39, 0.29) is 5.91 Å². The Bertz CT molecular complexity index is 1410. The number of hydrogen-bond donors (Lipinski definition) is 0. The summed E-state index contributed by atoms with van der Waals surface area (Å²) in [5.74, 6) is 0.588. The van der Waals surface area contributed by atoms with E-state index in [0.29, 0.717) is 15.8 Å². The Kier molecular flexibility index (Phi) is 6.31. The van der Waals surface area contributed by atoms with Crippen LogP contribution in [0.4, 0.5) is 5.69 Å². The van der Waals surface area contributed by atoms with E-state index in [9.17, 15) is 4.79 Å². The summed E-state index contributed by atoms with van der Waals surface area (Å²) in [5, 5.41) is 2.36. The van der Waals surface area contributed by atoms with Crippen molar-refractivity contribution < 1.29 is 9.53 Å². The lowest BCUT2D eigenvalue weighted by Gasteiger charge is -2.14. The Labute approximate surface area is 210 Å². The molecule has 0 N–H and O–H groups in total. The summed E-state index contributed by atoms with van der Waals surface area (Å²) in [6.45, 7) is 0.436. The predicted octanol–water partition coefficient (Wildman–Crippen LogP) is 7.59. The number of rotatable bonds is 5. The van der Waals surface area contributed by atoms with Crippen molar-refractivity contribution in [2.75, 3.05) is 4.90 Å². The van der Waals surface area contributed by atoms with E-state index in [1.54, 1.807) is 4.90 Å². The molecule has 162 valence electrons. The van der Waals surface area contributed by atoms with Gasteiger partial charge in [0.1, 0.15) is 12.4 Å². The smallest absolute Gasteiger partial charge is 0.270 e. The molecule has 1 saturated heterocycles. The molecule has 33 heavy (non-hydrogen) atoms. The van der Waals surface area contributed by atoms with Crippen LogP contribution in [0.1, 0.15) is 11.1 Å². The van der Waals surface area contributed by atoms with Crippen LogP contribution in [-0.4, -0.2) is 10.2 Å². The van der Waals surface area contributed by atoms with Crippen molar-refractivity contribution in [3.05, 3.63) is 112 Å². The number of amides is 1. The molecule has 5 rings (SSSR count). The lowest BCUT2D eigenvalue weighted by molar-refractivity contribution is -0.113. The molecule has 1 fully saturated rings. The van der Waals surface area contributed by atoms with E-state index in [4.69, 9.17) is 17.0 Å². The maximum atomic E-state index is 13.2. The van der Waals surface area contributed by atoms with Gasteiger partial charge in [-0.05, 0) is 46.7 Å². The Morgan fingerprint density at radius 1 is 0.939 bits per heavy atom. The summed E-state index contributed by atoms with van der Waals surface area (Å²) < 4.78 is 7.62. The number of halogens is 1. The molecule has 1 aliphatic heterocycles. The minimum atomic E-state index is -0.132. The highest BCUT2D eigenvalue weighted by Crippen LogP contribution is 2.38. The van der Waals surface area contributed by atoms with E-state index >= 15 is 0 Å². The number of thioether (sulfide) groups is 1. The number of carbonyl (C=O) groups excluding carboxylic acids is 1. The number of benzene rings is 4. The first-order chi connectivity index (χ1) is 16.1. The van der Waals surface area contributed by atoms with E-state index in [1.165, 1.54) is 22.5 Å². The average Bonchev–Trinajstić information content (AvgIpc) is 3.11. The molecule has 0 unspecified atom stereocenters. The number of hydrogen-bond acceptors (Lipinski definition) is 4. The molecule has 3 nitrogen and oxygen atoms in total. The summed E-state index contributed by atoms with van der Waals surface area (Å²) in [5.41, 5.74) is 2.70. The van der Waals surface area contributed by atoms with Crippen LogP contribution in [0.15, 0.2) is 100 Å². The minimum absolute atomic E-state index is 0.132. The van der Waals surface area contributed by atoms with Gasteiger partial charge in [-0.3, -0.25) is 9.69 Å². The van der Waals surface area contributed by atoms with E-state index < -0.39 is 0 Å². The number of anilines is 1. The standard InChI is InChI=1S/C27H18BrNO2S2/c28-21-11-6-12-22(16-21)29-26(30)25(33-27(29)32)15-19-8-2-4-14-24(19)31-17-20-10-5-9-18-7-1-3-13-23(18)20/h1-16H,17H2/b25-15-. The van der Waals surface area contributed by atoms with Crippen LogP contribution in [0, 0.1) is 0 Å². The zero-order valence-electron chi connectivity index (χ0n) is 17.4. The van der Waals surface area contributed by atoms with Crippen LogP contribution in [0.2, 0.25) is 0 Å². The number of carbonyl (C=O) groups is 1. The molecule has 0 bridgehead atoms. The van der Waals surface area contributed by atoms with Crippen molar-refractivity contribution in [3.63, 3.8) is 0 Å².